The van der Waals surface area contributed by atoms with Crippen LogP contribution in [-0.4, -0.2) is 54.3 Å². The highest BCUT2D eigenvalue weighted by atomic mass is 16.5. The minimum Gasteiger partial charge on any atom is -0.482 e. The second-order valence-corrected chi connectivity index (χ2v) is 6.13. The van der Waals surface area contributed by atoms with Crippen LogP contribution >= 0.6 is 0 Å². The molecule has 6 nitrogen and oxygen atoms in total. The molecule has 6 heteroatoms. The van der Waals surface area contributed by atoms with Gasteiger partial charge >= 0.3 is 5.97 Å². The number of carboxylic acid groups (broad SMARTS) is 1. The summed E-state index contributed by atoms with van der Waals surface area (Å²) in [5.74, 6) is -0.244. The molecule has 1 amide bonds. The zero-order valence-corrected chi connectivity index (χ0v) is 12.9. The number of carboxylic acids is 1. The van der Waals surface area contributed by atoms with Crippen LogP contribution in [0.5, 0.6) is 5.75 Å². The van der Waals surface area contributed by atoms with Gasteiger partial charge in [-0.3, -0.25) is 4.79 Å². The Labute approximate surface area is 135 Å². The Kier molecular flexibility index (Phi) is 4.81. The van der Waals surface area contributed by atoms with Crippen LogP contribution < -0.4 is 4.74 Å². The molecule has 0 bridgehead atoms. The fourth-order valence-corrected chi connectivity index (χ4v) is 2.82. The fourth-order valence-electron chi connectivity index (χ4n) is 2.82. The van der Waals surface area contributed by atoms with Crippen LogP contribution in [0.4, 0.5) is 0 Å². The summed E-state index contributed by atoms with van der Waals surface area (Å²) >= 11 is 0. The smallest absolute Gasteiger partial charge is 0.341 e. The summed E-state index contributed by atoms with van der Waals surface area (Å²) in [6.45, 7) is 1.81. The second-order valence-electron chi connectivity index (χ2n) is 6.13. The van der Waals surface area contributed by atoms with Crippen LogP contribution in [0, 0.1) is 5.92 Å². The summed E-state index contributed by atoms with van der Waals surface area (Å²) in [4.78, 5) is 25.3. The Morgan fingerprint density at radius 3 is 2.78 bits per heavy atom. The van der Waals surface area contributed by atoms with Gasteiger partial charge in [-0.2, -0.15) is 0 Å². The number of benzene rings is 1. The first-order valence-electron chi connectivity index (χ1n) is 7.97. The van der Waals surface area contributed by atoms with Crippen molar-refractivity contribution in [3.05, 3.63) is 29.8 Å². The standard InChI is InChI=1S/C17H21NO5/c19-16(20)11-23-15-3-1-2-13(8-15)17(21)18(14-4-5-14)9-12-6-7-22-10-12/h1-3,8,12,14H,4-7,9-11H2,(H,19,20). The highest BCUT2D eigenvalue weighted by Crippen LogP contribution is 2.30. The number of rotatable bonds is 7. The zero-order chi connectivity index (χ0) is 16.2. The lowest BCUT2D eigenvalue weighted by atomic mass is 10.1. The third kappa shape index (κ3) is 4.22. The Hall–Kier alpha value is -2.08. The molecule has 124 valence electrons. The van der Waals surface area contributed by atoms with E-state index >= 15 is 0 Å². The molecule has 0 radical (unpaired) electrons. The predicted molar refractivity (Wildman–Crippen MR) is 82.6 cm³/mol. The number of ether oxygens (including phenoxy) is 2. The molecule has 1 aromatic carbocycles. The number of hydrogen-bond acceptors (Lipinski definition) is 4. The lowest BCUT2D eigenvalue weighted by Gasteiger charge is -2.25. The normalized spacial score (nSPS) is 20.3. The number of amides is 1. The van der Waals surface area contributed by atoms with Crippen molar-refractivity contribution in [2.75, 3.05) is 26.4 Å². The van der Waals surface area contributed by atoms with Gasteiger partial charge in [-0.05, 0) is 37.5 Å². The van der Waals surface area contributed by atoms with Gasteiger partial charge in [0.2, 0.25) is 0 Å². The molecule has 1 saturated heterocycles. The first kappa shape index (κ1) is 15.8. The first-order valence-corrected chi connectivity index (χ1v) is 7.97. The molecule has 3 rings (SSSR count). The molecule has 1 aromatic rings. The molecule has 1 unspecified atom stereocenters. The summed E-state index contributed by atoms with van der Waals surface area (Å²) in [7, 11) is 0. The number of carbonyl (C=O) groups is 2. The third-order valence-electron chi connectivity index (χ3n) is 4.17. The van der Waals surface area contributed by atoms with Crippen molar-refractivity contribution >= 4 is 11.9 Å². The maximum absolute atomic E-state index is 12.8. The third-order valence-corrected chi connectivity index (χ3v) is 4.17. The maximum Gasteiger partial charge on any atom is 0.341 e. The van der Waals surface area contributed by atoms with Crippen LogP contribution in [-0.2, 0) is 9.53 Å². The second kappa shape index (κ2) is 7.00. The van der Waals surface area contributed by atoms with E-state index in [-0.39, 0.29) is 5.91 Å². The topological polar surface area (TPSA) is 76.1 Å². The van der Waals surface area contributed by atoms with Gasteiger partial charge < -0.3 is 19.5 Å². The Morgan fingerprint density at radius 1 is 1.30 bits per heavy atom. The van der Waals surface area contributed by atoms with Crippen molar-refractivity contribution in [2.45, 2.75) is 25.3 Å². The Balaban J connectivity index is 1.69. The number of hydrogen-bond donors (Lipinski definition) is 1. The van der Waals surface area contributed by atoms with E-state index < -0.39 is 12.6 Å². The van der Waals surface area contributed by atoms with Gasteiger partial charge in [-0.25, -0.2) is 4.79 Å². The zero-order valence-electron chi connectivity index (χ0n) is 12.9. The van der Waals surface area contributed by atoms with E-state index in [9.17, 15) is 9.59 Å². The van der Waals surface area contributed by atoms with Gasteiger partial charge in [0, 0.05) is 30.7 Å². The predicted octanol–water partition coefficient (Wildman–Crippen LogP) is 1.79. The Bertz CT molecular complexity index is 578. The monoisotopic (exact) mass is 319 g/mol. The van der Waals surface area contributed by atoms with Crippen molar-refractivity contribution in [1.29, 1.82) is 0 Å². The van der Waals surface area contributed by atoms with Crippen molar-refractivity contribution in [3.63, 3.8) is 0 Å². The lowest BCUT2D eigenvalue weighted by molar-refractivity contribution is -0.139. The summed E-state index contributed by atoms with van der Waals surface area (Å²) in [6.07, 6.45) is 3.10. The maximum atomic E-state index is 12.8. The van der Waals surface area contributed by atoms with Crippen LogP contribution in [0.3, 0.4) is 0 Å². The quantitative estimate of drug-likeness (QED) is 0.829. The first-order chi connectivity index (χ1) is 11.1. The van der Waals surface area contributed by atoms with Crippen LogP contribution in [0.15, 0.2) is 24.3 Å². The van der Waals surface area contributed by atoms with E-state index in [1.807, 2.05) is 4.90 Å². The molecule has 2 aliphatic rings. The van der Waals surface area contributed by atoms with Crippen molar-refractivity contribution < 1.29 is 24.2 Å². The van der Waals surface area contributed by atoms with Gasteiger partial charge in [-0.1, -0.05) is 6.07 Å². The van der Waals surface area contributed by atoms with Crippen molar-refractivity contribution in [3.8, 4) is 5.75 Å². The van der Waals surface area contributed by atoms with E-state index in [1.165, 1.54) is 0 Å². The highest BCUT2D eigenvalue weighted by molar-refractivity contribution is 5.95. The molecule has 1 atom stereocenters. The van der Waals surface area contributed by atoms with E-state index in [0.717, 1.165) is 39.0 Å². The van der Waals surface area contributed by atoms with Gasteiger partial charge in [0.25, 0.3) is 5.91 Å². The molecular weight excluding hydrogens is 298 g/mol. The molecule has 1 aliphatic heterocycles. The molecule has 1 N–H and O–H groups in total. The number of aliphatic carboxylic acids is 1. The van der Waals surface area contributed by atoms with Gasteiger partial charge in [0.1, 0.15) is 5.75 Å². The van der Waals surface area contributed by atoms with E-state index in [2.05, 4.69) is 0 Å². The fraction of sp³-hybridized carbons (Fsp3) is 0.529. The largest absolute Gasteiger partial charge is 0.482 e. The number of nitrogens with zero attached hydrogens (tertiary/aromatic N) is 1. The van der Waals surface area contributed by atoms with Gasteiger partial charge in [0.15, 0.2) is 6.61 Å². The molecule has 1 aliphatic carbocycles. The van der Waals surface area contributed by atoms with E-state index in [1.54, 1.807) is 24.3 Å². The molecule has 23 heavy (non-hydrogen) atoms. The highest BCUT2D eigenvalue weighted by Gasteiger charge is 2.35. The van der Waals surface area contributed by atoms with Crippen molar-refractivity contribution in [1.82, 2.24) is 4.90 Å². The lowest BCUT2D eigenvalue weighted by Crippen LogP contribution is -2.37. The van der Waals surface area contributed by atoms with E-state index in [4.69, 9.17) is 14.6 Å². The SMILES string of the molecule is O=C(O)COc1cccc(C(=O)N(CC2CCOC2)C2CC2)c1. The molecule has 2 fully saturated rings. The minimum atomic E-state index is -1.04. The molecule has 1 heterocycles. The van der Waals surface area contributed by atoms with Gasteiger partial charge in [-0.15, -0.1) is 0 Å². The Morgan fingerprint density at radius 2 is 2.13 bits per heavy atom. The summed E-state index contributed by atoms with van der Waals surface area (Å²) in [6, 6.07) is 7.06. The average molecular weight is 319 g/mol. The summed E-state index contributed by atoms with van der Waals surface area (Å²) in [5.41, 5.74) is 0.540. The molecule has 1 saturated carbocycles. The summed E-state index contributed by atoms with van der Waals surface area (Å²) < 4.78 is 10.6. The van der Waals surface area contributed by atoms with Crippen LogP contribution in [0.25, 0.3) is 0 Å². The average Bonchev–Trinajstić information content (AvgIpc) is 3.26. The molecule has 0 aromatic heterocycles. The van der Waals surface area contributed by atoms with E-state index in [0.29, 0.717) is 23.3 Å². The minimum absolute atomic E-state index is 0.0137. The summed E-state index contributed by atoms with van der Waals surface area (Å²) in [5, 5.41) is 8.67. The van der Waals surface area contributed by atoms with Crippen LogP contribution in [0.1, 0.15) is 29.6 Å². The molecule has 0 spiro atoms. The van der Waals surface area contributed by atoms with Crippen LogP contribution in [0.2, 0.25) is 0 Å². The number of carbonyl (C=O) groups excluding carboxylic acids is 1. The van der Waals surface area contributed by atoms with Gasteiger partial charge in [0.05, 0.1) is 6.61 Å². The molecular formula is C17H21NO5. The van der Waals surface area contributed by atoms with Crippen molar-refractivity contribution in [2.24, 2.45) is 5.92 Å².